The van der Waals surface area contributed by atoms with Gasteiger partial charge in [0.05, 0.1) is 0 Å². The number of nitrogens with one attached hydrogen (secondary N) is 2. The molecule has 2 aromatic rings. The Morgan fingerprint density at radius 1 is 1.16 bits per heavy atom. The monoisotopic (exact) mass is 339 g/mol. The van der Waals surface area contributed by atoms with E-state index in [2.05, 4.69) is 10.6 Å². The number of hydrogen-bond acceptors (Lipinski definition) is 4. The summed E-state index contributed by atoms with van der Waals surface area (Å²) < 4.78 is 5.51. The number of amides is 2. The van der Waals surface area contributed by atoms with Crippen LogP contribution in [-0.4, -0.2) is 18.4 Å². The summed E-state index contributed by atoms with van der Waals surface area (Å²) in [4.78, 5) is 23.9. The lowest BCUT2D eigenvalue weighted by Gasteiger charge is -2.11. The first-order valence-corrected chi connectivity index (χ1v) is 8.21. The fourth-order valence-corrected chi connectivity index (χ4v) is 2.36. The van der Waals surface area contributed by atoms with Gasteiger partial charge in [0.2, 0.25) is 5.91 Å². The third kappa shape index (κ3) is 4.73. The summed E-state index contributed by atoms with van der Waals surface area (Å²) in [5.74, 6) is 0.415. The van der Waals surface area contributed by atoms with Crippen LogP contribution >= 0.6 is 0 Å². The van der Waals surface area contributed by atoms with Gasteiger partial charge < -0.3 is 21.1 Å². The summed E-state index contributed by atoms with van der Waals surface area (Å²) in [7, 11) is 0. The summed E-state index contributed by atoms with van der Waals surface area (Å²) in [5, 5.41) is 5.63. The highest BCUT2D eigenvalue weighted by atomic mass is 16.5. The molecule has 1 saturated carbocycles. The summed E-state index contributed by atoms with van der Waals surface area (Å²) in [6.07, 6.45) is 1.90. The predicted octanol–water partition coefficient (Wildman–Crippen LogP) is 2.94. The number of rotatable bonds is 6. The van der Waals surface area contributed by atoms with Crippen molar-refractivity contribution in [2.24, 2.45) is 5.92 Å². The lowest BCUT2D eigenvalue weighted by Crippen LogP contribution is -2.20. The van der Waals surface area contributed by atoms with Crippen molar-refractivity contribution < 1.29 is 14.3 Å². The zero-order valence-corrected chi connectivity index (χ0v) is 14.0. The Morgan fingerprint density at radius 2 is 1.96 bits per heavy atom. The molecule has 2 aromatic carbocycles. The molecule has 0 aliphatic heterocycles. The van der Waals surface area contributed by atoms with E-state index in [1.807, 2.05) is 13.0 Å². The van der Waals surface area contributed by atoms with Gasteiger partial charge in [-0.25, -0.2) is 0 Å². The van der Waals surface area contributed by atoms with E-state index in [4.69, 9.17) is 10.5 Å². The van der Waals surface area contributed by atoms with Crippen molar-refractivity contribution in [1.29, 1.82) is 0 Å². The van der Waals surface area contributed by atoms with E-state index in [0.29, 0.717) is 22.8 Å². The van der Waals surface area contributed by atoms with Gasteiger partial charge in [-0.3, -0.25) is 9.59 Å². The first-order chi connectivity index (χ1) is 12.0. The van der Waals surface area contributed by atoms with Gasteiger partial charge in [0.15, 0.2) is 6.61 Å². The average molecular weight is 339 g/mol. The van der Waals surface area contributed by atoms with Crippen molar-refractivity contribution in [3.63, 3.8) is 0 Å². The molecule has 6 nitrogen and oxygen atoms in total. The molecule has 1 aliphatic rings. The van der Waals surface area contributed by atoms with E-state index in [0.717, 1.165) is 18.4 Å². The van der Waals surface area contributed by atoms with Crippen LogP contribution in [0.2, 0.25) is 0 Å². The predicted molar refractivity (Wildman–Crippen MR) is 97.5 cm³/mol. The quantitative estimate of drug-likeness (QED) is 0.705. The molecule has 3 rings (SSSR count). The van der Waals surface area contributed by atoms with Crippen molar-refractivity contribution in [2.75, 3.05) is 23.0 Å². The average Bonchev–Trinajstić information content (AvgIpc) is 3.42. The van der Waals surface area contributed by atoms with Gasteiger partial charge in [-0.15, -0.1) is 0 Å². The van der Waals surface area contributed by atoms with E-state index in [1.54, 1.807) is 36.4 Å². The number of ether oxygens (including phenoxy) is 1. The molecule has 0 radical (unpaired) electrons. The van der Waals surface area contributed by atoms with Crippen molar-refractivity contribution >= 4 is 28.9 Å². The topological polar surface area (TPSA) is 93.4 Å². The largest absolute Gasteiger partial charge is 0.484 e. The van der Waals surface area contributed by atoms with Gasteiger partial charge in [0, 0.05) is 29.0 Å². The zero-order chi connectivity index (χ0) is 17.8. The molecule has 1 aliphatic carbocycles. The standard InChI is InChI=1S/C19H21N3O3/c1-12-5-8-14(20)9-17(12)22-18(23)11-25-16-4-2-3-15(10-16)21-19(24)13-6-7-13/h2-5,8-10,13H,6-7,11,20H2,1H3,(H,21,24)(H,22,23). The number of nitrogen functional groups attached to an aromatic ring is 1. The Morgan fingerprint density at radius 3 is 2.72 bits per heavy atom. The number of carbonyl (C=O) groups is 2. The van der Waals surface area contributed by atoms with Crippen molar-refractivity contribution in [1.82, 2.24) is 0 Å². The molecule has 0 heterocycles. The molecule has 0 aromatic heterocycles. The van der Waals surface area contributed by atoms with Gasteiger partial charge in [-0.2, -0.15) is 0 Å². The van der Waals surface area contributed by atoms with Crippen LogP contribution in [0.4, 0.5) is 17.1 Å². The normalized spacial score (nSPS) is 13.2. The third-order valence-corrected chi connectivity index (χ3v) is 3.96. The zero-order valence-electron chi connectivity index (χ0n) is 14.0. The van der Waals surface area contributed by atoms with Crippen molar-refractivity contribution in [3.05, 3.63) is 48.0 Å². The molecular formula is C19H21N3O3. The molecule has 0 spiro atoms. The molecule has 2 amide bonds. The smallest absolute Gasteiger partial charge is 0.262 e. The molecule has 0 unspecified atom stereocenters. The van der Waals surface area contributed by atoms with Crippen LogP contribution in [0.3, 0.4) is 0 Å². The second-order valence-electron chi connectivity index (χ2n) is 6.20. The minimum Gasteiger partial charge on any atom is -0.484 e. The van der Waals surface area contributed by atoms with Crippen LogP contribution in [0.15, 0.2) is 42.5 Å². The highest BCUT2D eigenvalue weighted by Crippen LogP contribution is 2.30. The second kappa shape index (κ2) is 7.25. The summed E-state index contributed by atoms with van der Waals surface area (Å²) in [6, 6.07) is 12.4. The van der Waals surface area contributed by atoms with E-state index < -0.39 is 0 Å². The van der Waals surface area contributed by atoms with E-state index in [1.165, 1.54) is 0 Å². The molecule has 0 atom stereocenters. The van der Waals surface area contributed by atoms with E-state index in [-0.39, 0.29) is 24.3 Å². The Kier molecular flexibility index (Phi) is 4.88. The number of anilines is 3. The molecule has 4 N–H and O–H groups in total. The van der Waals surface area contributed by atoms with Crippen LogP contribution in [0.5, 0.6) is 5.75 Å². The van der Waals surface area contributed by atoms with E-state index >= 15 is 0 Å². The lowest BCUT2D eigenvalue weighted by atomic mass is 10.2. The van der Waals surface area contributed by atoms with Gasteiger partial charge in [-0.05, 0) is 49.6 Å². The fourth-order valence-electron chi connectivity index (χ4n) is 2.36. The van der Waals surface area contributed by atoms with Crippen molar-refractivity contribution in [3.8, 4) is 5.75 Å². The molecule has 130 valence electrons. The van der Waals surface area contributed by atoms with Crippen LogP contribution in [0, 0.1) is 12.8 Å². The summed E-state index contributed by atoms with van der Waals surface area (Å²) in [5.41, 5.74) is 8.57. The molecule has 0 bridgehead atoms. The molecule has 1 fully saturated rings. The molecular weight excluding hydrogens is 318 g/mol. The van der Waals surface area contributed by atoms with E-state index in [9.17, 15) is 9.59 Å². The van der Waals surface area contributed by atoms with Crippen LogP contribution in [-0.2, 0) is 9.59 Å². The van der Waals surface area contributed by atoms with Gasteiger partial charge in [-0.1, -0.05) is 12.1 Å². The molecule has 6 heteroatoms. The maximum atomic E-state index is 12.1. The lowest BCUT2D eigenvalue weighted by molar-refractivity contribution is -0.118. The first-order valence-electron chi connectivity index (χ1n) is 8.21. The number of nitrogens with two attached hydrogens (primary N) is 1. The van der Waals surface area contributed by atoms with Crippen LogP contribution < -0.4 is 21.1 Å². The second-order valence-corrected chi connectivity index (χ2v) is 6.20. The Bertz CT molecular complexity index is 800. The maximum absolute atomic E-state index is 12.1. The maximum Gasteiger partial charge on any atom is 0.262 e. The number of carbonyl (C=O) groups excluding carboxylic acids is 2. The first kappa shape index (κ1) is 16.8. The molecule has 25 heavy (non-hydrogen) atoms. The fraction of sp³-hybridized carbons (Fsp3) is 0.263. The Balaban J connectivity index is 1.54. The van der Waals surface area contributed by atoms with Gasteiger partial charge >= 0.3 is 0 Å². The van der Waals surface area contributed by atoms with Gasteiger partial charge in [0.25, 0.3) is 5.91 Å². The number of benzene rings is 2. The SMILES string of the molecule is Cc1ccc(N)cc1NC(=O)COc1cccc(NC(=O)C2CC2)c1. The minimum absolute atomic E-state index is 0.0343. The minimum atomic E-state index is -0.277. The Hall–Kier alpha value is -3.02. The van der Waals surface area contributed by atoms with Gasteiger partial charge in [0.1, 0.15) is 5.75 Å². The van der Waals surface area contributed by atoms with Crippen LogP contribution in [0.25, 0.3) is 0 Å². The number of hydrogen-bond donors (Lipinski definition) is 3. The third-order valence-electron chi connectivity index (χ3n) is 3.96. The summed E-state index contributed by atoms with van der Waals surface area (Å²) >= 11 is 0. The van der Waals surface area contributed by atoms with Crippen molar-refractivity contribution in [2.45, 2.75) is 19.8 Å². The Labute approximate surface area is 146 Å². The number of aryl methyl sites for hydroxylation is 1. The highest BCUT2D eigenvalue weighted by Gasteiger charge is 2.29. The highest BCUT2D eigenvalue weighted by molar-refractivity contribution is 5.94. The van der Waals surface area contributed by atoms with Crippen LogP contribution in [0.1, 0.15) is 18.4 Å². The molecule has 0 saturated heterocycles. The summed E-state index contributed by atoms with van der Waals surface area (Å²) in [6.45, 7) is 1.76.